The highest BCUT2D eigenvalue weighted by molar-refractivity contribution is 6.23. The molecule has 1 saturated heterocycles. The zero-order valence-corrected chi connectivity index (χ0v) is 17.3. The SMILES string of the molecule is O=C1[C@H]2[C@H](C(=O)N1c1ccc(O)cc1)[C@H]1C=C[C@H]2C1=C(c1ccccc1)c1ccccc1. The van der Waals surface area contributed by atoms with Gasteiger partial charge in [-0.1, -0.05) is 72.8 Å². The van der Waals surface area contributed by atoms with Gasteiger partial charge in [-0.3, -0.25) is 9.59 Å². The molecule has 2 aliphatic carbocycles. The minimum atomic E-state index is -0.385. The van der Waals surface area contributed by atoms with Crippen LogP contribution in [0.1, 0.15) is 11.1 Å². The number of fused-ring (bicyclic) bond motifs is 5. The number of rotatable bonds is 3. The van der Waals surface area contributed by atoms with Crippen molar-refractivity contribution in [1.82, 2.24) is 0 Å². The largest absolute Gasteiger partial charge is 0.508 e. The molecule has 4 atom stereocenters. The van der Waals surface area contributed by atoms with Gasteiger partial charge >= 0.3 is 0 Å². The topological polar surface area (TPSA) is 57.6 Å². The number of allylic oxidation sites excluding steroid dienone is 3. The van der Waals surface area contributed by atoms with Gasteiger partial charge in [0.25, 0.3) is 0 Å². The van der Waals surface area contributed by atoms with Crippen LogP contribution in [0.5, 0.6) is 5.75 Å². The van der Waals surface area contributed by atoms with Crippen LogP contribution in [0.4, 0.5) is 5.69 Å². The van der Waals surface area contributed by atoms with Gasteiger partial charge in [-0.05, 0) is 46.5 Å². The maximum absolute atomic E-state index is 13.5. The molecule has 1 N–H and O–H groups in total. The normalized spacial score (nSPS) is 25.5. The van der Waals surface area contributed by atoms with Crippen LogP contribution in [0, 0.1) is 23.7 Å². The summed E-state index contributed by atoms with van der Waals surface area (Å²) in [6, 6.07) is 26.7. The fraction of sp³-hybridized carbons (Fsp3) is 0.143. The lowest BCUT2D eigenvalue weighted by Crippen LogP contribution is -2.33. The second kappa shape index (κ2) is 7.06. The summed E-state index contributed by atoms with van der Waals surface area (Å²) in [5.41, 5.74) is 5.01. The fourth-order valence-electron chi connectivity index (χ4n) is 5.66. The second-order valence-electron chi connectivity index (χ2n) is 8.58. The molecule has 32 heavy (non-hydrogen) atoms. The Hall–Kier alpha value is -3.92. The quantitative estimate of drug-likeness (QED) is 0.489. The summed E-state index contributed by atoms with van der Waals surface area (Å²) in [7, 11) is 0. The predicted octanol–water partition coefficient (Wildman–Crippen LogP) is 4.82. The molecule has 1 saturated carbocycles. The van der Waals surface area contributed by atoms with Gasteiger partial charge in [0, 0.05) is 11.8 Å². The van der Waals surface area contributed by atoms with E-state index in [2.05, 4.69) is 36.4 Å². The minimum absolute atomic E-state index is 0.0982. The average Bonchev–Trinajstić information content (AvgIpc) is 3.46. The Morgan fingerprint density at radius 2 is 1.12 bits per heavy atom. The zero-order valence-electron chi connectivity index (χ0n) is 17.3. The third-order valence-electron chi connectivity index (χ3n) is 6.94. The van der Waals surface area contributed by atoms with Gasteiger partial charge in [-0.25, -0.2) is 4.90 Å². The Kier molecular flexibility index (Phi) is 4.15. The van der Waals surface area contributed by atoms with E-state index in [4.69, 9.17) is 0 Å². The number of carbonyl (C=O) groups is 2. The van der Waals surface area contributed by atoms with Crippen LogP contribution in [0.2, 0.25) is 0 Å². The monoisotopic (exact) mass is 419 g/mol. The number of hydrogen-bond acceptors (Lipinski definition) is 3. The molecule has 3 aromatic carbocycles. The zero-order chi connectivity index (χ0) is 21.8. The molecule has 4 heteroatoms. The van der Waals surface area contributed by atoms with Gasteiger partial charge in [0.15, 0.2) is 0 Å². The van der Waals surface area contributed by atoms with Crippen LogP contribution in [-0.4, -0.2) is 16.9 Å². The van der Waals surface area contributed by atoms with Crippen molar-refractivity contribution < 1.29 is 14.7 Å². The van der Waals surface area contributed by atoms with E-state index in [9.17, 15) is 14.7 Å². The lowest BCUT2D eigenvalue weighted by Gasteiger charge is -2.21. The summed E-state index contributed by atoms with van der Waals surface area (Å²) in [4.78, 5) is 28.3. The van der Waals surface area contributed by atoms with Crippen LogP contribution in [0.3, 0.4) is 0 Å². The van der Waals surface area contributed by atoms with E-state index in [0.29, 0.717) is 5.69 Å². The Balaban J connectivity index is 1.48. The Bertz CT molecular complexity index is 1200. The van der Waals surface area contributed by atoms with Gasteiger partial charge in [0.1, 0.15) is 5.75 Å². The van der Waals surface area contributed by atoms with Crippen molar-refractivity contribution >= 4 is 23.1 Å². The number of aromatic hydroxyl groups is 1. The molecular formula is C28H21NO3. The maximum Gasteiger partial charge on any atom is 0.238 e. The molecule has 156 valence electrons. The first-order valence-corrected chi connectivity index (χ1v) is 10.9. The van der Waals surface area contributed by atoms with Crippen molar-refractivity contribution in [3.8, 4) is 5.75 Å². The summed E-state index contributed by atoms with van der Waals surface area (Å²) in [6.45, 7) is 0. The van der Waals surface area contributed by atoms with E-state index in [1.807, 2.05) is 36.4 Å². The predicted molar refractivity (Wildman–Crippen MR) is 123 cm³/mol. The molecule has 3 aliphatic rings. The number of phenolic OH excluding ortho intramolecular Hbond substituents is 1. The summed E-state index contributed by atoms with van der Waals surface area (Å²) in [5, 5.41) is 9.59. The molecule has 4 nitrogen and oxygen atoms in total. The Morgan fingerprint density at radius 1 is 0.656 bits per heavy atom. The molecule has 2 fully saturated rings. The van der Waals surface area contributed by atoms with Crippen LogP contribution in [0.25, 0.3) is 5.57 Å². The number of imide groups is 1. The third-order valence-corrected chi connectivity index (χ3v) is 6.94. The molecular weight excluding hydrogens is 398 g/mol. The lowest BCUT2D eigenvalue weighted by molar-refractivity contribution is -0.122. The molecule has 0 unspecified atom stereocenters. The summed E-state index contributed by atoms with van der Waals surface area (Å²) >= 11 is 0. The second-order valence-corrected chi connectivity index (χ2v) is 8.58. The molecule has 0 aromatic heterocycles. The average molecular weight is 419 g/mol. The van der Waals surface area contributed by atoms with Crippen molar-refractivity contribution in [2.24, 2.45) is 23.7 Å². The Morgan fingerprint density at radius 3 is 1.59 bits per heavy atom. The number of anilines is 1. The van der Waals surface area contributed by atoms with E-state index in [1.165, 1.54) is 22.6 Å². The molecule has 2 bridgehead atoms. The van der Waals surface area contributed by atoms with Gasteiger partial charge in [-0.15, -0.1) is 0 Å². The molecule has 0 radical (unpaired) electrons. The first-order chi connectivity index (χ1) is 15.6. The molecule has 1 aliphatic heterocycles. The Labute approximate surface area is 186 Å². The van der Waals surface area contributed by atoms with Crippen LogP contribution < -0.4 is 4.90 Å². The lowest BCUT2D eigenvalue weighted by atomic mass is 9.85. The van der Waals surface area contributed by atoms with E-state index in [-0.39, 0.29) is 41.2 Å². The first-order valence-electron chi connectivity index (χ1n) is 10.9. The van der Waals surface area contributed by atoms with Crippen LogP contribution in [0.15, 0.2) is 103 Å². The molecule has 0 spiro atoms. The molecule has 1 heterocycles. The molecule has 3 aromatic rings. The van der Waals surface area contributed by atoms with Crippen molar-refractivity contribution in [1.29, 1.82) is 0 Å². The standard InChI is InChI=1S/C28H21NO3/c30-20-13-11-19(12-14-20)29-27(31)25-21-15-16-22(26(25)28(29)32)24(21)23(17-7-3-1-4-8-17)18-9-5-2-6-10-18/h1-16,21-22,25-26,30H/t21-,22-,25+,26+/m0/s1. The van der Waals surface area contributed by atoms with Crippen molar-refractivity contribution in [3.05, 3.63) is 114 Å². The van der Waals surface area contributed by atoms with E-state index in [1.54, 1.807) is 12.1 Å². The van der Waals surface area contributed by atoms with Gasteiger partial charge in [0.2, 0.25) is 11.8 Å². The number of hydrogen-bond donors (Lipinski definition) is 1. The van der Waals surface area contributed by atoms with Gasteiger partial charge in [-0.2, -0.15) is 0 Å². The number of amides is 2. The van der Waals surface area contributed by atoms with Crippen LogP contribution >= 0.6 is 0 Å². The van der Waals surface area contributed by atoms with Crippen molar-refractivity contribution in [3.63, 3.8) is 0 Å². The molecule has 6 rings (SSSR count). The number of benzene rings is 3. The minimum Gasteiger partial charge on any atom is -0.508 e. The summed E-state index contributed by atoms with van der Waals surface area (Å²) in [5.74, 6) is -1.17. The third kappa shape index (κ3) is 2.62. The maximum atomic E-state index is 13.5. The number of carbonyl (C=O) groups excluding carboxylic acids is 2. The smallest absolute Gasteiger partial charge is 0.238 e. The summed E-state index contributed by atoms with van der Waals surface area (Å²) < 4.78 is 0. The van der Waals surface area contributed by atoms with Crippen LogP contribution in [-0.2, 0) is 9.59 Å². The highest BCUT2D eigenvalue weighted by atomic mass is 16.3. The van der Waals surface area contributed by atoms with Gasteiger partial charge < -0.3 is 5.11 Å². The van der Waals surface area contributed by atoms with E-state index >= 15 is 0 Å². The highest BCUT2D eigenvalue weighted by Crippen LogP contribution is 2.58. The number of nitrogens with zero attached hydrogens (tertiary/aromatic N) is 1. The first kappa shape index (κ1) is 18.8. The van der Waals surface area contributed by atoms with Crippen molar-refractivity contribution in [2.45, 2.75) is 0 Å². The van der Waals surface area contributed by atoms with Gasteiger partial charge in [0.05, 0.1) is 17.5 Å². The fourth-order valence-corrected chi connectivity index (χ4v) is 5.66. The molecule has 2 amide bonds. The van der Waals surface area contributed by atoms with Crippen molar-refractivity contribution in [2.75, 3.05) is 4.90 Å². The number of phenols is 1. The van der Waals surface area contributed by atoms with E-state index < -0.39 is 0 Å². The van der Waals surface area contributed by atoms with E-state index in [0.717, 1.165) is 16.7 Å². The summed E-state index contributed by atoms with van der Waals surface area (Å²) in [6.07, 6.45) is 4.22. The highest BCUT2D eigenvalue weighted by Gasteiger charge is 2.62.